The maximum Gasteiger partial charge on any atom is 0.224 e. The predicted molar refractivity (Wildman–Crippen MR) is 115 cm³/mol. The highest BCUT2D eigenvalue weighted by atomic mass is 16.5. The Kier molecular flexibility index (Phi) is 6.22. The van der Waals surface area contributed by atoms with E-state index in [1.807, 2.05) is 68.0 Å². The van der Waals surface area contributed by atoms with Crippen molar-refractivity contribution in [1.82, 2.24) is 9.78 Å². The molecule has 152 valence electrons. The summed E-state index contributed by atoms with van der Waals surface area (Å²) in [5.41, 5.74) is 5.84. The van der Waals surface area contributed by atoms with Crippen LogP contribution in [0.15, 0.2) is 42.5 Å². The molecular formula is C23H27N3O3. The lowest BCUT2D eigenvalue weighted by Gasteiger charge is -2.12. The second-order valence-electron chi connectivity index (χ2n) is 6.96. The molecule has 0 unspecified atom stereocenters. The van der Waals surface area contributed by atoms with Crippen molar-refractivity contribution in [2.45, 2.75) is 26.7 Å². The second-order valence-corrected chi connectivity index (χ2v) is 6.96. The Morgan fingerprint density at radius 1 is 1.07 bits per heavy atom. The minimum absolute atomic E-state index is 0.0292. The van der Waals surface area contributed by atoms with Crippen LogP contribution in [0.25, 0.3) is 11.1 Å². The Labute approximate surface area is 171 Å². The molecule has 0 bridgehead atoms. The van der Waals surface area contributed by atoms with Crippen molar-refractivity contribution in [3.8, 4) is 22.6 Å². The standard InChI is InChI=1S/C23H27N3O3/c1-15-20(16(2)26(3)25-15)11-13-23(27)24-18-8-12-22(29-5)21(14-18)17-6-9-19(28-4)10-7-17/h6-10,12,14H,11,13H2,1-5H3,(H,24,27). The Morgan fingerprint density at radius 2 is 1.79 bits per heavy atom. The van der Waals surface area contributed by atoms with Crippen molar-refractivity contribution < 1.29 is 14.3 Å². The molecule has 0 radical (unpaired) electrons. The van der Waals surface area contributed by atoms with Crippen molar-refractivity contribution in [1.29, 1.82) is 0 Å². The molecule has 0 fully saturated rings. The Hall–Kier alpha value is -3.28. The van der Waals surface area contributed by atoms with E-state index in [2.05, 4.69) is 10.4 Å². The SMILES string of the molecule is COc1ccc(-c2cc(NC(=O)CCc3c(C)nn(C)c3C)ccc2OC)cc1. The van der Waals surface area contributed by atoms with E-state index in [-0.39, 0.29) is 5.91 Å². The van der Waals surface area contributed by atoms with Crippen molar-refractivity contribution in [2.75, 3.05) is 19.5 Å². The summed E-state index contributed by atoms with van der Waals surface area (Å²) in [5, 5.41) is 7.41. The van der Waals surface area contributed by atoms with Gasteiger partial charge in [-0.15, -0.1) is 0 Å². The fourth-order valence-corrected chi connectivity index (χ4v) is 3.42. The van der Waals surface area contributed by atoms with Crippen molar-refractivity contribution in [3.63, 3.8) is 0 Å². The van der Waals surface area contributed by atoms with Gasteiger partial charge in [-0.05, 0) is 61.7 Å². The van der Waals surface area contributed by atoms with E-state index < -0.39 is 0 Å². The largest absolute Gasteiger partial charge is 0.497 e. The Morgan fingerprint density at radius 3 is 2.38 bits per heavy atom. The molecule has 1 N–H and O–H groups in total. The first kappa shape index (κ1) is 20.5. The monoisotopic (exact) mass is 393 g/mol. The molecule has 6 nitrogen and oxygen atoms in total. The molecule has 2 aromatic carbocycles. The number of carbonyl (C=O) groups is 1. The summed E-state index contributed by atoms with van der Waals surface area (Å²) in [6, 6.07) is 13.4. The number of ether oxygens (including phenoxy) is 2. The highest BCUT2D eigenvalue weighted by Gasteiger charge is 2.13. The normalized spacial score (nSPS) is 10.7. The summed E-state index contributed by atoms with van der Waals surface area (Å²) in [7, 11) is 5.20. The first-order chi connectivity index (χ1) is 13.9. The number of carbonyl (C=O) groups excluding carboxylic acids is 1. The number of nitrogens with one attached hydrogen (secondary N) is 1. The first-order valence-electron chi connectivity index (χ1n) is 9.54. The van der Waals surface area contributed by atoms with Gasteiger partial charge in [0.15, 0.2) is 0 Å². The number of rotatable bonds is 7. The van der Waals surface area contributed by atoms with Crippen LogP contribution < -0.4 is 14.8 Å². The fourth-order valence-electron chi connectivity index (χ4n) is 3.42. The van der Waals surface area contributed by atoms with E-state index >= 15 is 0 Å². The van der Waals surface area contributed by atoms with Crippen LogP contribution in [0, 0.1) is 13.8 Å². The smallest absolute Gasteiger partial charge is 0.224 e. The molecule has 0 saturated carbocycles. The van der Waals surface area contributed by atoms with E-state index in [1.165, 1.54) is 0 Å². The van der Waals surface area contributed by atoms with E-state index in [0.717, 1.165) is 45.3 Å². The highest BCUT2D eigenvalue weighted by Crippen LogP contribution is 2.33. The topological polar surface area (TPSA) is 65.4 Å². The van der Waals surface area contributed by atoms with Crippen LogP contribution in [0.5, 0.6) is 11.5 Å². The third kappa shape index (κ3) is 4.59. The number of hydrogen-bond donors (Lipinski definition) is 1. The van der Waals surface area contributed by atoms with Gasteiger partial charge in [0, 0.05) is 30.4 Å². The molecular weight excluding hydrogens is 366 g/mol. The van der Waals surface area contributed by atoms with Gasteiger partial charge in [0.25, 0.3) is 0 Å². The summed E-state index contributed by atoms with van der Waals surface area (Å²) in [5.74, 6) is 1.51. The van der Waals surface area contributed by atoms with Crippen LogP contribution in [-0.4, -0.2) is 29.9 Å². The van der Waals surface area contributed by atoms with Gasteiger partial charge in [0.05, 0.1) is 19.9 Å². The summed E-state index contributed by atoms with van der Waals surface area (Å²) in [6.45, 7) is 4.00. The zero-order chi connectivity index (χ0) is 21.0. The minimum Gasteiger partial charge on any atom is -0.497 e. The van der Waals surface area contributed by atoms with Crippen LogP contribution in [-0.2, 0) is 18.3 Å². The Bertz CT molecular complexity index is 1010. The zero-order valence-electron chi connectivity index (χ0n) is 17.6. The van der Waals surface area contributed by atoms with Gasteiger partial charge in [0.1, 0.15) is 11.5 Å². The van der Waals surface area contributed by atoms with Gasteiger partial charge in [-0.1, -0.05) is 12.1 Å². The molecule has 29 heavy (non-hydrogen) atoms. The van der Waals surface area contributed by atoms with Gasteiger partial charge in [-0.25, -0.2) is 0 Å². The average molecular weight is 393 g/mol. The maximum absolute atomic E-state index is 12.5. The molecule has 3 aromatic rings. The summed E-state index contributed by atoms with van der Waals surface area (Å²) >= 11 is 0. The van der Waals surface area contributed by atoms with Crippen molar-refractivity contribution in [2.24, 2.45) is 7.05 Å². The van der Waals surface area contributed by atoms with Gasteiger partial charge in [-0.2, -0.15) is 5.10 Å². The summed E-state index contributed by atoms with van der Waals surface area (Å²) < 4.78 is 12.6. The third-order valence-corrected chi connectivity index (χ3v) is 5.15. The zero-order valence-corrected chi connectivity index (χ0v) is 17.6. The fraction of sp³-hybridized carbons (Fsp3) is 0.304. The van der Waals surface area contributed by atoms with E-state index in [4.69, 9.17) is 9.47 Å². The third-order valence-electron chi connectivity index (χ3n) is 5.15. The number of aryl methyl sites for hydroxylation is 2. The number of amides is 1. The van der Waals surface area contributed by atoms with Crippen LogP contribution in [0.4, 0.5) is 5.69 Å². The number of nitrogens with zero attached hydrogens (tertiary/aromatic N) is 2. The van der Waals surface area contributed by atoms with Crippen molar-refractivity contribution >= 4 is 11.6 Å². The first-order valence-corrected chi connectivity index (χ1v) is 9.54. The minimum atomic E-state index is -0.0292. The molecule has 1 heterocycles. The molecule has 0 atom stereocenters. The summed E-state index contributed by atoms with van der Waals surface area (Å²) in [4.78, 5) is 12.5. The van der Waals surface area contributed by atoms with Crippen LogP contribution in [0.2, 0.25) is 0 Å². The molecule has 0 spiro atoms. The highest BCUT2D eigenvalue weighted by molar-refractivity contribution is 5.92. The molecule has 6 heteroatoms. The molecule has 1 aromatic heterocycles. The number of benzene rings is 2. The number of aromatic nitrogens is 2. The van der Waals surface area contributed by atoms with Crippen molar-refractivity contribution in [3.05, 3.63) is 59.4 Å². The van der Waals surface area contributed by atoms with Gasteiger partial charge in [0.2, 0.25) is 5.91 Å². The van der Waals surface area contributed by atoms with Gasteiger partial charge in [-0.3, -0.25) is 9.48 Å². The van der Waals surface area contributed by atoms with E-state index in [1.54, 1.807) is 14.2 Å². The lowest BCUT2D eigenvalue weighted by atomic mass is 10.0. The number of anilines is 1. The van der Waals surface area contributed by atoms with Gasteiger partial charge < -0.3 is 14.8 Å². The lowest BCUT2D eigenvalue weighted by Crippen LogP contribution is -2.13. The Balaban J connectivity index is 1.74. The molecule has 1 amide bonds. The molecule has 3 rings (SSSR count). The van der Waals surface area contributed by atoms with Crippen LogP contribution >= 0.6 is 0 Å². The second kappa shape index (κ2) is 8.82. The predicted octanol–water partition coefficient (Wildman–Crippen LogP) is 4.29. The lowest BCUT2D eigenvalue weighted by molar-refractivity contribution is -0.116. The maximum atomic E-state index is 12.5. The van der Waals surface area contributed by atoms with Crippen LogP contribution in [0.1, 0.15) is 23.4 Å². The average Bonchev–Trinajstić information content (AvgIpc) is 2.97. The molecule has 0 aliphatic rings. The molecule has 0 aliphatic carbocycles. The number of methoxy groups -OCH3 is 2. The number of hydrogen-bond acceptors (Lipinski definition) is 4. The van der Waals surface area contributed by atoms with E-state index in [9.17, 15) is 4.79 Å². The molecule has 0 aliphatic heterocycles. The summed E-state index contributed by atoms with van der Waals surface area (Å²) in [6.07, 6.45) is 1.07. The quantitative estimate of drug-likeness (QED) is 0.650. The van der Waals surface area contributed by atoms with Gasteiger partial charge >= 0.3 is 0 Å². The van der Waals surface area contributed by atoms with E-state index in [0.29, 0.717) is 12.8 Å². The molecule has 0 saturated heterocycles. The van der Waals surface area contributed by atoms with Crippen LogP contribution in [0.3, 0.4) is 0 Å².